The average molecular weight is 559 g/mol. The summed E-state index contributed by atoms with van der Waals surface area (Å²) in [6, 6.07) is 9.97. The summed E-state index contributed by atoms with van der Waals surface area (Å²) in [5.74, 6) is -2.57. The van der Waals surface area contributed by atoms with Crippen LogP contribution in [0.5, 0.6) is 0 Å². The summed E-state index contributed by atoms with van der Waals surface area (Å²) in [4.78, 5) is 16.5. The molecule has 4 aromatic rings. The fourth-order valence-corrected chi connectivity index (χ4v) is 5.06. The van der Waals surface area contributed by atoms with Crippen molar-refractivity contribution < 1.29 is 23.4 Å². The zero-order valence-electron chi connectivity index (χ0n) is 21.3. The number of ether oxygens (including phenoxy) is 1. The molecule has 3 N–H and O–H groups in total. The Balaban J connectivity index is 1.76. The number of pyridine rings is 1. The van der Waals surface area contributed by atoms with Gasteiger partial charge in [-0.25, -0.2) is 23.2 Å². The van der Waals surface area contributed by atoms with E-state index in [0.717, 1.165) is 12.1 Å². The highest BCUT2D eigenvalue weighted by atomic mass is 35.5. The van der Waals surface area contributed by atoms with Gasteiger partial charge < -0.3 is 15.6 Å². The van der Waals surface area contributed by atoms with Gasteiger partial charge in [-0.15, -0.1) is 0 Å². The average Bonchev–Trinajstić information content (AvgIpc) is 3.22. The minimum Gasteiger partial charge on any atom is -0.478 e. The molecule has 7 nitrogen and oxygen atoms in total. The summed E-state index contributed by atoms with van der Waals surface area (Å²) in [7, 11) is -1.25. The van der Waals surface area contributed by atoms with Crippen molar-refractivity contribution in [2.75, 3.05) is 6.61 Å². The largest absolute Gasteiger partial charge is 0.478 e. The smallest absolute Gasteiger partial charge is 0.337 e. The van der Waals surface area contributed by atoms with Gasteiger partial charge in [0.1, 0.15) is 23.9 Å². The number of fused-ring (bicyclic) bond motifs is 1. The van der Waals surface area contributed by atoms with E-state index in [1.54, 1.807) is 16.9 Å². The van der Waals surface area contributed by atoms with Gasteiger partial charge in [0, 0.05) is 26.3 Å². The van der Waals surface area contributed by atoms with Crippen LogP contribution in [0.4, 0.5) is 8.78 Å². The van der Waals surface area contributed by atoms with Gasteiger partial charge in [-0.1, -0.05) is 37.3 Å². The lowest BCUT2D eigenvalue weighted by atomic mass is 9.94. The highest BCUT2D eigenvalue weighted by Crippen LogP contribution is 2.33. The van der Waals surface area contributed by atoms with E-state index in [9.17, 15) is 18.7 Å². The van der Waals surface area contributed by atoms with E-state index in [4.69, 9.17) is 27.1 Å². The third-order valence-electron chi connectivity index (χ3n) is 6.10. The molecule has 0 saturated carbocycles. The van der Waals surface area contributed by atoms with Crippen molar-refractivity contribution in [1.29, 1.82) is 0 Å². The lowest BCUT2D eigenvalue weighted by Gasteiger charge is -2.18. The lowest BCUT2D eigenvalue weighted by Crippen LogP contribution is -2.22. The quantitative estimate of drug-likeness (QED) is 0.175. The number of benzene rings is 2. The van der Waals surface area contributed by atoms with Crippen LogP contribution in [-0.2, 0) is 17.9 Å². The number of carboxylic acids is 1. The van der Waals surface area contributed by atoms with E-state index >= 15 is 0 Å². The molecule has 0 aliphatic carbocycles. The van der Waals surface area contributed by atoms with Gasteiger partial charge in [-0.3, -0.25) is 0 Å². The van der Waals surface area contributed by atoms with E-state index in [2.05, 4.69) is 24.7 Å². The zero-order valence-corrected chi connectivity index (χ0v) is 23.1. The first-order valence-electron chi connectivity index (χ1n) is 12.1. The number of nitrogens with two attached hydrogens (primary N) is 1. The maximum absolute atomic E-state index is 13.8. The van der Waals surface area contributed by atoms with Crippen molar-refractivity contribution in [2.24, 2.45) is 5.73 Å². The first kappa shape index (κ1) is 27.8. The Morgan fingerprint density at radius 2 is 1.87 bits per heavy atom. The van der Waals surface area contributed by atoms with Crippen LogP contribution in [0.15, 0.2) is 48.7 Å². The third-order valence-corrected chi connectivity index (χ3v) is 8.14. The van der Waals surface area contributed by atoms with Gasteiger partial charge >= 0.3 is 5.97 Å². The Bertz CT molecular complexity index is 1470. The molecule has 1 atom stereocenters. The first-order chi connectivity index (χ1) is 17.9. The highest BCUT2D eigenvalue weighted by molar-refractivity contribution is 6.76. The Morgan fingerprint density at radius 3 is 2.53 bits per heavy atom. The van der Waals surface area contributed by atoms with Crippen LogP contribution < -0.4 is 5.73 Å². The molecule has 0 saturated heterocycles. The van der Waals surface area contributed by atoms with Crippen molar-refractivity contribution in [3.63, 3.8) is 0 Å². The Kier molecular flexibility index (Phi) is 8.27. The van der Waals surface area contributed by atoms with Gasteiger partial charge in [0.25, 0.3) is 0 Å². The predicted octanol–water partition coefficient (Wildman–Crippen LogP) is 6.28. The van der Waals surface area contributed by atoms with E-state index in [-0.39, 0.29) is 23.7 Å². The van der Waals surface area contributed by atoms with Crippen molar-refractivity contribution in [1.82, 2.24) is 14.8 Å². The summed E-state index contributed by atoms with van der Waals surface area (Å²) < 4.78 is 35.2. The molecule has 0 aliphatic heterocycles. The summed E-state index contributed by atoms with van der Waals surface area (Å²) in [5, 5.41) is 14.1. The number of carboxylic acid groups (broad SMARTS) is 1. The number of aromatic nitrogens is 3. The van der Waals surface area contributed by atoms with Gasteiger partial charge in [-0.05, 0) is 53.9 Å². The standard InChI is InChI=1S/C27H29ClF2N4O3Si/c1-38(2,3)7-6-37-15-34-25-13-20(17-4-5-22(28)21(11-17)27(35)36)26(33-24(25)14-32-34)23(31)10-16-8-18(29)12-19(30)9-16/h4-5,8-9,11-14,23H,6-7,10,15,31H2,1-3H3,(H,35,36)/t23-/m0/s1. The van der Waals surface area contributed by atoms with E-state index in [0.29, 0.717) is 40.0 Å². The molecule has 0 aliphatic rings. The molecule has 38 heavy (non-hydrogen) atoms. The maximum atomic E-state index is 13.8. The summed E-state index contributed by atoms with van der Waals surface area (Å²) >= 11 is 6.10. The summed E-state index contributed by atoms with van der Waals surface area (Å²) in [5.41, 5.74) is 9.59. The molecule has 0 fully saturated rings. The molecule has 11 heteroatoms. The van der Waals surface area contributed by atoms with Crippen LogP contribution in [-0.4, -0.2) is 40.5 Å². The molecule has 0 unspecified atom stereocenters. The minimum absolute atomic E-state index is 0.0702. The van der Waals surface area contributed by atoms with Gasteiger partial charge in [0.05, 0.1) is 34.0 Å². The van der Waals surface area contributed by atoms with Crippen LogP contribution in [0, 0.1) is 11.6 Å². The number of aromatic carboxylic acids is 1. The highest BCUT2D eigenvalue weighted by Gasteiger charge is 2.21. The molecule has 0 radical (unpaired) electrons. The second-order valence-electron chi connectivity index (χ2n) is 10.4. The fraction of sp³-hybridized carbons (Fsp3) is 0.296. The number of carbonyl (C=O) groups is 1. The number of halogens is 3. The molecule has 200 valence electrons. The number of hydrogen-bond acceptors (Lipinski definition) is 5. The van der Waals surface area contributed by atoms with Gasteiger partial charge in [0.2, 0.25) is 0 Å². The predicted molar refractivity (Wildman–Crippen MR) is 146 cm³/mol. The molecule has 2 aromatic heterocycles. The topological polar surface area (TPSA) is 103 Å². The minimum atomic E-state index is -1.25. The molecule has 0 amide bonds. The SMILES string of the molecule is C[Si](C)(C)CCOCn1ncc2nc([C@@H](N)Cc3cc(F)cc(F)c3)c(-c3ccc(Cl)c(C(=O)O)c3)cc21. The Hall–Kier alpha value is -3.18. The molecule has 0 bridgehead atoms. The Morgan fingerprint density at radius 1 is 1.16 bits per heavy atom. The molecule has 4 rings (SSSR count). The normalized spacial score (nSPS) is 12.7. The van der Waals surface area contributed by atoms with Crippen molar-refractivity contribution in [2.45, 2.75) is 44.9 Å². The Labute approximate surface area is 225 Å². The van der Waals surface area contributed by atoms with Crippen LogP contribution in [0.25, 0.3) is 22.2 Å². The van der Waals surface area contributed by atoms with Crippen LogP contribution in [0.1, 0.15) is 27.7 Å². The number of hydrogen-bond donors (Lipinski definition) is 2. The molecular formula is C27H29ClF2N4O3Si. The van der Waals surface area contributed by atoms with Crippen molar-refractivity contribution >= 4 is 36.7 Å². The van der Waals surface area contributed by atoms with Crippen LogP contribution >= 0.6 is 11.6 Å². The van der Waals surface area contributed by atoms with Crippen molar-refractivity contribution in [3.8, 4) is 11.1 Å². The van der Waals surface area contributed by atoms with Gasteiger partial charge in [0.15, 0.2) is 0 Å². The van der Waals surface area contributed by atoms with E-state index < -0.39 is 31.7 Å². The molecule has 2 aromatic carbocycles. The van der Waals surface area contributed by atoms with Gasteiger partial charge in [-0.2, -0.15) is 5.10 Å². The maximum Gasteiger partial charge on any atom is 0.337 e. The van der Waals surface area contributed by atoms with E-state index in [1.165, 1.54) is 24.3 Å². The van der Waals surface area contributed by atoms with E-state index in [1.807, 2.05) is 6.07 Å². The number of rotatable bonds is 10. The molecule has 2 heterocycles. The van der Waals surface area contributed by atoms with Crippen LogP contribution in [0.3, 0.4) is 0 Å². The second kappa shape index (κ2) is 11.3. The van der Waals surface area contributed by atoms with Crippen molar-refractivity contribution in [3.05, 3.63) is 82.1 Å². The summed E-state index contributed by atoms with van der Waals surface area (Å²) in [6.07, 6.45) is 1.71. The fourth-order valence-electron chi connectivity index (χ4n) is 4.10. The van der Waals surface area contributed by atoms with Crippen LogP contribution in [0.2, 0.25) is 30.7 Å². The number of nitrogens with zero attached hydrogens (tertiary/aromatic N) is 3. The zero-order chi connectivity index (χ0) is 27.6. The second-order valence-corrected chi connectivity index (χ2v) is 16.4. The lowest BCUT2D eigenvalue weighted by molar-refractivity contribution is 0.0697. The third kappa shape index (κ3) is 6.62. The molecule has 0 spiro atoms. The summed E-state index contributed by atoms with van der Waals surface area (Å²) in [6.45, 7) is 7.66. The molecular weight excluding hydrogens is 530 g/mol. The first-order valence-corrected chi connectivity index (χ1v) is 16.2. The monoisotopic (exact) mass is 558 g/mol.